The van der Waals surface area contributed by atoms with E-state index in [1.165, 1.54) is 37.7 Å². The van der Waals surface area contributed by atoms with Gasteiger partial charge in [-0.3, -0.25) is 0 Å². The van der Waals surface area contributed by atoms with Crippen molar-refractivity contribution in [2.24, 2.45) is 0 Å². The van der Waals surface area contributed by atoms with E-state index in [0.29, 0.717) is 5.57 Å². The summed E-state index contributed by atoms with van der Waals surface area (Å²) in [5.74, 6) is 0.220. The Hall–Kier alpha value is -2.33. The van der Waals surface area contributed by atoms with Crippen LogP contribution in [0.3, 0.4) is 0 Å². The van der Waals surface area contributed by atoms with Gasteiger partial charge in [0.1, 0.15) is 25.1 Å². The number of allylic oxidation sites excluding steroid dienone is 4. The van der Waals surface area contributed by atoms with Gasteiger partial charge in [0.15, 0.2) is 0 Å². The van der Waals surface area contributed by atoms with Crippen molar-refractivity contribution in [3.05, 3.63) is 66.3 Å². The average molecular weight is 429 g/mol. The third-order valence-corrected chi connectivity index (χ3v) is 4.74. The van der Waals surface area contributed by atoms with E-state index in [1.54, 1.807) is 6.92 Å². The summed E-state index contributed by atoms with van der Waals surface area (Å²) < 4.78 is 10.6. The zero-order valence-corrected chi connectivity index (χ0v) is 19.4. The van der Waals surface area contributed by atoms with Gasteiger partial charge < -0.3 is 14.6 Å². The third kappa shape index (κ3) is 14.3. The molecule has 4 heteroatoms. The Labute approximate surface area is 188 Å². The number of hydrogen-bond acceptors (Lipinski definition) is 4. The summed E-state index contributed by atoms with van der Waals surface area (Å²) in [4.78, 5) is 11.3. The summed E-state index contributed by atoms with van der Waals surface area (Å²) >= 11 is 0. The Bertz CT molecular complexity index is 690. The highest BCUT2D eigenvalue weighted by atomic mass is 16.5. The summed E-state index contributed by atoms with van der Waals surface area (Å²) in [6.45, 7) is 7.26. The van der Waals surface area contributed by atoms with Crippen molar-refractivity contribution in [1.82, 2.24) is 0 Å². The molecule has 0 saturated heterocycles. The maximum absolute atomic E-state index is 11.3. The number of ether oxygens (including phenoxy) is 2. The van der Waals surface area contributed by atoms with Crippen LogP contribution in [0.15, 0.2) is 60.7 Å². The number of aryl methyl sites for hydroxylation is 1. The molecule has 0 amide bonds. The van der Waals surface area contributed by atoms with Crippen molar-refractivity contribution in [1.29, 1.82) is 0 Å². The van der Waals surface area contributed by atoms with Crippen LogP contribution >= 0.6 is 0 Å². The van der Waals surface area contributed by atoms with E-state index in [0.717, 1.165) is 31.4 Å². The minimum Gasteiger partial charge on any atom is -0.491 e. The monoisotopic (exact) mass is 428 g/mol. The molecule has 1 N–H and O–H groups in total. The van der Waals surface area contributed by atoms with Crippen LogP contribution in [0.5, 0.6) is 5.75 Å². The molecule has 1 unspecified atom stereocenters. The van der Waals surface area contributed by atoms with E-state index in [1.807, 2.05) is 18.2 Å². The van der Waals surface area contributed by atoms with Gasteiger partial charge in [0, 0.05) is 5.57 Å². The number of aliphatic hydroxyl groups excluding tert-OH is 1. The van der Waals surface area contributed by atoms with Crippen molar-refractivity contribution in [2.45, 2.75) is 77.7 Å². The number of rotatable bonds is 17. The van der Waals surface area contributed by atoms with E-state index in [-0.39, 0.29) is 13.2 Å². The summed E-state index contributed by atoms with van der Waals surface area (Å²) in [6.07, 6.45) is 18.7. The van der Waals surface area contributed by atoms with Gasteiger partial charge in [-0.25, -0.2) is 4.79 Å². The molecule has 0 aliphatic rings. The van der Waals surface area contributed by atoms with Gasteiger partial charge in [0.25, 0.3) is 0 Å². The number of esters is 1. The van der Waals surface area contributed by atoms with Crippen molar-refractivity contribution < 1.29 is 19.4 Å². The fraction of sp³-hybridized carbons (Fsp3) is 0.519. The van der Waals surface area contributed by atoms with Crippen LogP contribution in [0.4, 0.5) is 0 Å². The van der Waals surface area contributed by atoms with E-state index >= 15 is 0 Å². The lowest BCUT2D eigenvalue weighted by atomic mass is 10.1. The van der Waals surface area contributed by atoms with Gasteiger partial charge >= 0.3 is 5.97 Å². The molecule has 0 aliphatic heterocycles. The van der Waals surface area contributed by atoms with Crippen molar-refractivity contribution in [3.63, 3.8) is 0 Å². The van der Waals surface area contributed by atoms with Gasteiger partial charge in [-0.15, -0.1) is 0 Å². The molecule has 1 aromatic carbocycles. The Morgan fingerprint density at radius 1 is 1.06 bits per heavy atom. The first-order valence-electron chi connectivity index (χ1n) is 11.5. The Kier molecular flexibility index (Phi) is 15.0. The first kappa shape index (κ1) is 26.7. The molecule has 0 spiro atoms. The molecule has 1 atom stereocenters. The van der Waals surface area contributed by atoms with Crippen LogP contribution < -0.4 is 4.74 Å². The minimum atomic E-state index is -0.867. The predicted octanol–water partition coefficient (Wildman–Crippen LogP) is 6.34. The van der Waals surface area contributed by atoms with Crippen LogP contribution in [0.1, 0.15) is 70.8 Å². The minimum absolute atomic E-state index is 0.0782. The number of carbonyl (C=O) groups excluding carboxylic acids is 1. The van der Waals surface area contributed by atoms with Gasteiger partial charge in [0.2, 0.25) is 0 Å². The smallest absolute Gasteiger partial charge is 0.333 e. The maximum Gasteiger partial charge on any atom is 0.333 e. The highest BCUT2D eigenvalue weighted by Gasteiger charge is 2.10. The zero-order valence-electron chi connectivity index (χ0n) is 19.4. The standard InChI is InChI=1S/C27H40O4/c1-4-5-6-7-8-9-10-11-12-13-14-15-17-24-18-16-19-26(20-24)30-21-25(28)22-31-27(29)23(2)3/h6-7,9-10,16,18-20,25,28H,2,4-5,8,11-15,17,21-22H2,1,3H3/b7-6-,10-9-. The molecular weight excluding hydrogens is 388 g/mol. The number of benzene rings is 1. The van der Waals surface area contributed by atoms with Crippen LogP contribution in [0.25, 0.3) is 0 Å². The van der Waals surface area contributed by atoms with E-state index < -0.39 is 12.1 Å². The zero-order chi connectivity index (χ0) is 22.7. The van der Waals surface area contributed by atoms with E-state index in [4.69, 9.17) is 9.47 Å². The molecule has 0 radical (unpaired) electrons. The molecule has 0 aromatic heterocycles. The topological polar surface area (TPSA) is 55.8 Å². The molecule has 1 rings (SSSR count). The second kappa shape index (κ2) is 17.4. The van der Waals surface area contributed by atoms with Gasteiger partial charge in [0.05, 0.1) is 0 Å². The quantitative estimate of drug-likeness (QED) is 0.136. The molecule has 1 aromatic rings. The van der Waals surface area contributed by atoms with Gasteiger partial charge in [-0.1, -0.05) is 69.2 Å². The Balaban J connectivity index is 2.15. The predicted molar refractivity (Wildman–Crippen MR) is 128 cm³/mol. The highest BCUT2D eigenvalue weighted by molar-refractivity contribution is 5.86. The second-order valence-corrected chi connectivity index (χ2v) is 7.91. The van der Waals surface area contributed by atoms with Crippen LogP contribution in [0.2, 0.25) is 0 Å². The number of aliphatic hydroxyl groups is 1. The first-order valence-corrected chi connectivity index (χ1v) is 11.5. The number of hydrogen-bond donors (Lipinski definition) is 1. The summed E-state index contributed by atoms with van der Waals surface area (Å²) in [6, 6.07) is 7.96. The van der Waals surface area contributed by atoms with E-state index in [2.05, 4.69) is 43.9 Å². The van der Waals surface area contributed by atoms with Crippen LogP contribution in [-0.2, 0) is 16.0 Å². The van der Waals surface area contributed by atoms with Crippen molar-refractivity contribution in [3.8, 4) is 5.75 Å². The molecular formula is C27H40O4. The molecule has 0 heterocycles. The van der Waals surface area contributed by atoms with E-state index in [9.17, 15) is 9.90 Å². The fourth-order valence-corrected chi connectivity index (χ4v) is 2.94. The third-order valence-electron chi connectivity index (χ3n) is 4.74. The number of carbonyl (C=O) groups is 1. The molecule has 172 valence electrons. The maximum atomic E-state index is 11.3. The van der Waals surface area contributed by atoms with Crippen LogP contribution in [-0.4, -0.2) is 30.4 Å². The molecule has 31 heavy (non-hydrogen) atoms. The first-order chi connectivity index (χ1) is 15.0. The summed E-state index contributed by atoms with van der Waals surface area (Å²) in [7, 11) is 0. The average Bonchev–Trinajstić information content (AvgIpc) is 2.77. The SMILES string of the molecule is C=C(C)C(=O)OCC(O)COc1cccc(CCCCCC/C=C\C/C=C\CCC)c1. The lowest BCUT2D eigenvalue weighted by Crippen LogP contribution is -2.25. The number of unbranched alkanes of at least 4 members (excludes halogenated alkanes) is 5. The summed E-state index contributed by atoms with van der Waals surface area (Å²) in [5, 5.41) is 9.90. The molecule has 0 saturated carbocycles. The summed E-state index contributed by atoms with van der Waals surface area (Å²) in [5.41, 5.74) is 1.55. The molecule has 0 aliphatic carbocycles. The molecule has 4 nitrogen and oxygen atoms in total. The highest BCUT2D eigenvalue weighted by Crippen LogP contribution is 2.16. The Morgan fingerprint density at radius 3 is 2.55 bits per heavy atom. The lowest BCUT2D eigenvalue weighted by Gasteiger charge is -2.13. The lowest BCUT2D eigenvalue weighted by molar-refractivity contribution is -0.142. The largest absolute Gasteiger partial charge is 0.491 e. The van der Waals surface area contributed by atoms with Gasteiger partial charge in [-0.2, -0.15) is 0 Å². The van der Waals surface area contributed by atoms with Crippen LogP contribution in [0, 0.1) is 0 Å². The molecule has 0 fully saturated rings. The van der Waals surface area contributed by atoms with Gasteiger partial charge in [-0.05, 0) is 63.1 Å². The fourth-order valence-electron chi connectivity index (χ4n) is 2.94. The Morgan fingerprint density at radius 2 is 1.81 bits per heavy atom. The second-order valence-electron chi connectivity index (χ2n) is 7.91. The normalized spacial score (nSPS) is 12.4. The van der Waals surface area contributed by atoms with Crippen molar-refractivity contribution >= 4 is 5.97 Å². The molecule has 0 bridgehead atoms. The van der Waals surface area contributed by atoms with Crippen molar-refractivity contribution in [2.75, 3.05) is 13.2 Å².